The molecule has 0 radical (unpaired) electrons. The fourth-order valence-electron chi connectivity index (χ4n) is 3.07. The van der Waals surface area contributed by atoms with Gasteiger partial charge in [0.15, 0.2) is 5.78 Å². The zero-order valence-electron chi connectivity index (χ0n) is 12.4. The van der Waals surface area contributed by atoms with E-state index >= 15 is 0 Å². The van der Waals surface area contributed by atoms with Crippen LogP contribution in [0.1, 0.15) is 35.2 Å². The molecule has 22 heavy (non-hydrogen) atoms. The molecular formula is C18H19FN2O. The summed E-state index contributed by atoms with van der Waals surface area (Å²) < 4.78 is 13.2. The maximum absolute atomic E-state index is 13.2. The Hall–Kier alpha value is -2.07. The molecule has 1 saturated heterocycles. The molecule has 0 saturated carbocycles. The van der Waals surface area contributed by atoms with Gasteiger partial charge >= 0.3 is 0 Å². The molecule has 0 spiro atoms. The fraction of sp³-hybridized carbons (Fsp3) is 0.333. The third kappa shape index (κ3) is 3.57. The molecular weight excluding hydrogens is 279 g/mol. The van der Waals surface area contributed by atoms with Gasteiger partial charge in [-0.05, 0) is 31.0 Å². The monoisotopic (exact) mass is 298 g/mol. The number of nitrogens with zero attached hydrogens (tertiary/aromatic N) is 2. The highest BCUT2D eigenvalue weighted by Gasteiger charge is 2.27. The van der Waals surface area contributed by atoms with E-state index in [1.807, 2.05) is 30.3 Å². The number of ketones is 1. The van der Waals surface area contributed by atoms with E-state index in [-0.39, 0.29) is 17.6 Å². The van der Waals surface area contributed by atoms with Crippen molar-refractivity contribution in [1.29, 1.82) is 0 Å². The Morgan fingerprint density at radius 2 is 2.09 bits per heavy atom. The van der Waals surface area contributed by atoms with Gasteiger partial charge in [-0.1, -0.05) is 30.3 Å². The normalized spacial score (nSPS) is 18.5. The largest absolute Gasteiger partial charge is 0.296 e. The first kappa shape index (κ1) is 14.9. The van der Waals surface area contributed by atoms with Gasteiger partial charge in [0, 0.05) is 30.8 Å². The summed E-state index contributed by atoms with van der Waals surface area (Å²) in [5, 5.41) is 0. The molecule has 2 aromatic rings. The van der Waals surface area contributed by atoms with Crippen molar-refractivity contribution in [3.8, 4) is 0 Å². The molecule has 0 unspecified atom stereocenters. The van der Waals surface area contributed by atoms with Crippen LogP contribution < -0.4 is 0 Å². The Morgan fingerprint density at radius 3 is 2.86 bits per heavy atom. The van der Waals surface area contributed by atoms with Crippen LogP contribution in [-0.4, -0.2) is 28.3 Å². The van der Waals surface area contributed by atoms with E-state index in [0.717, 1.165) is 30.5 Å². The van der Waals surface area contributed by atoms with Crippen LogP contribution in [0.2, 0.25) is 0 Å². The SMILES string of the molecule is O=C(C[C@H]1CCCN1Cc1cncc(F)c1)c1ccccc1. The second-order valence-corrected chi connectivity index (χ2v) is 5.77. The van der Waals surface area contributed by atoms with Gasteiger partial charge in [-0.15, -0.1) is 0 Å². The Kier molecular flexibility index (Phi) is 4.59. The number of hydrogen-bond donors (Lipinski definition) is 0. The molecule has 1 aromatic carbocycles. The van der Waals surface area contributed by atoms with Crippen molar-refractivity contribution in [2.75, 3.05) is 6.54 Å². The molecule has 0 amide bonds. The number of carbonyl (C=O) groups is 1. The fourth-order valence-corrected chi connectivity index (χ4v) is 3.07. The highest BCUT2D eigenvalue weighted by molar-refractivity contribution is 5.96. The minimum Gasteiger partial charge on any atom is -0.296 e. The second kappa shape index (κ2) is 6.79. The van der Waals surface area contributed by atoms with E-state index in [1.165, 1.54) is 12.3 Å². The molecule has 1 aliphatic rings. The lowest BCUT2D eigenvalue weighted by molar-refractivity contribution is 0.0938. The summed E-state index contributed by atoms with van der Waals surface area (Å²) in [4.78, 5) is 18.5. The van der Waals surface area contributed by atoms with E-state index in [4.69, 9.17) is 0 Å². The first-order valence-corrected chi connectivity index (χ1v) is 7.64. The van der Waals surface area contributed by atoms with E-state index < -0.39 is 0 Å². The molecule has 1 aliphatic heterocycles. The van der Waals surface area contributed by atoms with Crippen molar-refractivity contribution in [1.82, 2.24) is 9.88 Å². The van der Waals surface area contributed by atoms with Crippen molar-refractivity contribution >= 4 is 5.78 Å². The van der Waals surface area contributed by atoms with Crippen LogP contribution in [-0.2, 0) is 6.54 Å². The van der Waals surface area contributed by atoms with Crippen molar-refractivity contribution < 1.29 is 9.18 Å². The number of hydrogen-bond acceptors (Lipinski definition) is 3. The van der Waals surface area contributed by atoms with Gasteiger partial charge in [0.1, 0.15) is 5.82 Å². The number of rotatable bonds is 5. The summed E-state index contributed by atoms with van der Waals surface area (Å²) in [6.07, 6.45) is 5.52. The topological polar surface area (TPSA) is 33.2 Å². The minimum atomic E-state index is -0.311. The molecule has 1 aromatic heterocycles. The summed E-state index contributed by atoms with van der Waals surface area (Å²) in [6, 6.07) is 11.2. The Bertz CT molecular complexity index is 645. The lowest BCUT2D eigenvalue weighted by Crippen LogP contribution is -2.31. The number of likely N-dealkylation sites (tertiary alicyclic amines) is 1. The number of benzene rings is 1. The van der Waals surface area contributed by atoms with E-state index in [2.05, 4.69) is 9.88 Å². The van der Waals surface area contributed by atoms with Gasteiger partial charge in [-0.2, -0.15) is 0 Å². The van der Waals surface area contributed by atoms with Crippen molar-refractivity contribution in [2.45, 2.75) is 31.8 Å². The lowest BCUT2D eigenvalue weighted by Gasteiger charge is -2.24. The highest BCUT2D eigenvalue weighted by atomic mass is 19.1. The first-order chi connectivity index (χ1) is 10.7. The zero-order chi connectivity index (χ0) is 15.4. The maximum atomic E-state index is 13.2. The lowest BCUT2D eigenvalue weighted by atomic mass is 10.0. The molecule has 0 N–H and O–H groups in total. The molecule has 3 nitrogen and oxygen atoms in total. The summed E-state index contributed by atoms with van der Waals surface area (Å²) in [5.41, 5.74) is 1.63. The van der Waals surface area contributed by atoms with Gasteiger partial charge in [0.2, 0.25) is 0 Å². The second-order valence-electron chi connectivity index (χ2n) is 5.77. The summed E-state index contributed by atoms with van der Waals surface area (Å²) in [5.74, 6) is -0.136. The summed E-state index contributed by atoms with van der Waals surface area (Å²) in [7, 11) is 0. The van der Waals surface area contributed by atoms with Crippen LogP contribution in [0.3, 0.4) is 0 Å². The third-order valence-electron chi connectivity index (χ3n) is 4.16. The molecule has 1 fully saturated rings. The average molecular weight is 298 g/mol. The van der Waals surface area contributed by atoms with Crippen LogP contribution in [0.25, 0.3) is 0 Å². The van der Waals surface area contributed by atoms with E-state index in [1.54, 1.807) is 6.20 Å². The molecule has 2 heterocycles. The zero-order valence-corrected chi connectivity index (χ0v) is 12.4. The molecule has 3 rings (SSSR count). The van der Waals surface area contributed by atoms with E-state index in [0.29, 0.717) is 13.0 Å². The standard InChI is InChI=1S/C18H19FN2O/c19-16-9-14(11-20-12-16)13-21-8-4-7-17(21)10-18(22)15-5-2-1-3-6-15/h1-3,5-6,9,11-12,17H,4,7-8,10,13H2/t17-/m1/s1. The van der Waals surface area contributed by atoms with Gasteiger partial charge in [0.05, 0.1) is 6.20 Å². The van der Waals surface area contributed by atoms with Crippen LogP contribution in [0.4, 0.5) is 4.39 Å². The van der Waals surface area contributed by atoms with Gasteiger partial charge in [0.25, 0.3) is 0 Å². The average Bonchev–Trinajstić information content (AvgIpc) is 2.95. The number of Topliss-reactive ketones (excluding diaryl/α,β-unsaturated/α-hetero) is 1. The summed E-state index contributed by atoms with van der Waals surface area (Å²) >= 11 is 0. The van der Waals surface area contributed by atoms with E-state index in [9.17, 15) is 9.18 Å². The van der Waals surface area contributed by atoms with Gasteiger partial charge in [-0.25, -0.2) is 4.39 Å². The highest BCUT2D eigenvalue weighted by Crippen LogP contribution is 2.24. The van der Waals surface area contributed by atoms with Crippen LogP contribution in [0.15, 0.2) is 48.8 Å². The molecule has 4 heteroatoms. The summed E-state index contributed by atoms with van der Waals surface area (Å²) in [6.45, 7) is 1.60. The van der Waals surface area contributed by atoms with Crippen molar-refractivity contribution in [2.24, 2.45) is 0 Å². The van der Waals surface area contributed by atoms with Gasteiger partial charge < -0.3 is 0 Å². The predicted octanol–water partition coefficient (Wildman–Crippen LogP) is 3.46. The van der Waals surface area contributed by atoms with Crippen molar-refractivity contribution in [3.63, 3.8) is 0 Å². The third-order valence-corrected chi connectivity index (χ3v) is 4.16. The Balaban J connectivity index is 1.65. The molecule has 0 bridgehead atoms. The number of pyridine rings is 1. The van der Waals surface area contributed by atoms with Crippen LogP contribution in [0, 0.1) is 5.82 Å². The molecule has 114 valence electrons. The number of aromatic nitrogens is 1. The van der Waals surface area contributed by atoms with Gasteiger partial charge in [-0.3, -0.25) is 14.7 Å². The predicted molar refractivity (Wildman–Crippen MR) is 83.0 cm³/mol. The quantitative estimate of drug-likeness (QED) is 0.793. The smallest absolute Gasteiger partial charge is 0.164 e. The minimum absolute atomic E-state index is 0.176. The molecule has 1 atom stereocenters. The van der Waals surface area contributed by atoms with Crippen LogP contribution in [0.5, 0.6) is 0 Å². The maximum Gasteiger partial charge on any atom is 0.164 e. The first-order valence-electron chi connectivity index (χ1n) is 7.64. The number of carbonyl (C=O) groups excluding carboxylic acids is 1. The Morgan fingerprint density at radius 1 is 1.27 bits per heavy atom. The Labute approximate surface area is 129 Å². The number of halogens is 1. The van der Waals surface area contributed by atoms with Crippen LogP contribution >= 0.6 is 0 Å². The molecule has 0 aliphatic carbocycles. The van der Waals surface area contributed by atoms with Crippen molar-refractivity contribution in [3.05, 3.63) is 65.7 Å².